The Bertz CT molecular complexity index is 1070. The van der Waals surface area contributed by atoms with Crippen molar-refractivity contribution in [1.29, 1.82) is 0 Å². The van der Waals surface area contributed by atoms with Gasteiger partial charge in [0.15, 0.2) is 0 Å². The highest BCUT2D eigenvalue weighted by Gasteiger charge is 2.30. The number of carbonyl (C=O) groups excluding carboxylic acids is 1. The van der Waals surface area contributed by atoms with Crippen molar-refractivity contribution < 1.29 is 13.9 Å². The summed E-state index contributed by atoms with van der Waals surface area (Å²) in [4.78, 5) is 22.4. The van der Waals surface area contributed by atoms with Gasteiger partial charge in [-0.1, -0.05) is 12.1 Å². The van der Waals surface area contributed by atoms with Crippen molar-refractivity contribution >= 4 is 6.09 Å². The summed E-state index contributed by atoms with van der Waals surface area (Å²) in [5, 5.41) is 3.06. The predicted octanol–water partition coefficient (Wildman–Crippen LogP) is 4.87. The first kappa shape index (κ1) is 27.6. The average molecular weight is 514 g/mol. The molecule has 1 aromatic carbocycles. The van der Waals surface area contributed by atoms with Gasteiger partial charge in [0.25, 0.3) is 0 Å². The first-order chi connectivity index (χ1) is 17.5. The molecular formula is C29H44FN5O2. The van der Waals surface area contributed by atoms with Crippen molar-refractivity contribution in [2.75, 3.05) is 26.7 Å². The fourth-order valence-corrected chi connectivity index (χ4v) is 5.92. The van der Waals surface area contributed by atoms with Gasteiger partial charge >= 0.3 is 6.09 Å². The summed E-state index contributed by atoms with van der Waals surface area (Å²) in [6, 6.07) is 7.25. The number of amides is 1. The maximum Gasteiger partial charge on any atom is 0.407 e. The van der Waals surface area contributed by atoms with Crippen molar-refractivity contribution in [3.8, 4) is 0 Å². The molecule has 3 heterocycles. The maximum atomic E-state index is 13.8. The second-order valence-corrected chi connectivity index (χ2v) is 11.9. The quantitative estimate of drug-likeness (QED) is 0.572. The van der Waals surface area contributed by atoms with E-state index in [1.54, 1.807) is 12.1 Å². The van der Waals surface area contributed by atoms with Crippen LogP contribution >= 0.6 is 0 Å². The van der Waals surface area contributed by atoms with Crippen molar-refractivity contribution in [2.24, 2.45) is 0 Å². The Morgan fingerprint density at radius 3 is 2.65 bits per heavy atom. The molecule has 2 aromatic rings. The Kier molecular flexibility index (Phi) is 8.59. The van der Waals surface area contributed by atoms with Gasteiger partial charge in [0.05, 0.1) is 5.69 Å². The number of aromatic nitrogens is 2. The van der Waals surface area contributed by atoms with Crippen LogP contribution in [0.2, 0.25) is 0 Å². The number of aryl methyl sites for hydroxylation is 1. The number of likely N-dealkylation sites (N-methyl/N-ethyl adjacent to an activating group) is 1. The summed E-state index contributed by atoms with van der Waals surface area (Å²) >= 11 is 0. The zero-order valence-corrected chi connectivity index (χ0v) is 23.4. The molecule has 0 saturated carbocycles. The van der Waals surface area contributed by atoms with Crippen LogP contribution in [0.1, 0.15) is 75.8 Å². The first-order valence-corrected chi connectivity index (χ1v) is 13.7. The van der Waals surface area contributed by atoms with E-state index in [1.807, 2.05) is 26.8 Å². The fraction of sp³-hybridized carbons (Fsp3) is 0.655. The Morgan fingerprint density at radius 1 is 1.24 bits per heavy atom. The number of likely N-dealkylation sites (tertiary alicyclic amines) is 1. The average Bonchev–Trinajstić information content (AvgIpc) is 3.12. The molecule has 0 bridgehead atoms. The molecule has 7 nitrogen and oxygen atoms in total. The van der Waals surface area contributed by atoms with Crippen molar-refractivity contribution in [3.63, 3.8) is 0 Å². The topological polar surface area (TPSA) is 62.6 Å². The van der Waals surface area contributed by atoms with Gasteiger partial charge in [-0.15, -0.1) is 0 Å². The molecule has 2 aliphatic heterocycles. The summed E-state index contributed by atoms with van der Waals surface area (Å²) in [7, 11) is 2.16. The lowest BCUT2D eigenvalue weighted by molar-refractivity contribution is 0.0487. The summed E-state index contributed by atoms with van der Waals surface area (Å²) in [5.74, 6) is 0.885. The van der Waals surface area contributed by atoms with Crippen molar-refractivity contribution in [1.82, 2.24) is 24.7 Å². The van der Waals surface area contributed by atoms with Crippen LogP contribution in [0.15, 0.2) is 24.3 Å². The van der Waals surface area contributed by atoms with Gasteiger partial charge in [0, 0.05) is 56.4 Å². The van der Waals surface area contributed by atoms with E-state index in [4.69, 9.17) is 9.72 Å². The smallest absolute Gasteiger partial charge is 0.407 e. The van der Waals surface area contributed by atoms with Crippen LogP contribution in [0, 0.1) is 12.7 Å². The lowest BCUT2D eigenvalue weighted by atomic mass is 9.96. The number of halogens is 1. The second kappa shape index (κ2) is 11.5. The molecule has 2 atom stereocenters. The van der Waals surface area contributed by atoms with Gasteiger partial charge in [-0.2, -0.15) is 0 Å². The molecule has 1 fully saturated rings. The number of hydrogen-bond acceptors (Lipinski definition) is 5. The van der Waals surface area contributed by atoms with E-state index in [0.717, 1.165) is 63.3 Å². The third kappa shape index (κ3) is 7.32. The van der Waals surface area contributed by atoms with E-state index in [2.05, 4.69) is 40.6 Å². The number of imidazole rings is 1. The van der Waals surface area contributed by atoms with Crippen LogP contribution in [0.5, 0.6) is 0 Å². The van der Waals surface area contributed by atoms with Gasteiger partial charge in [0.2, 0.25) is 0 Å². The summed E-state index contributed by atoms with van der Waals surface area (Å²) in [6.45, 7) is 14.0. The number of alkyl carbamates (subject to hydrolysis) is 1. The highest BCUT2D eigenvalue weighted by atomic mass is 19.1. The van der Waals surface area contributed by atoms with E-state index in [1.165, 1.54) is 17.5 Å². The molecule has 4 rings (SSSR count). The SMILES string of the molecule is Cc1nc2c(n1C1CCN(C(C)CC(Cc3cccc(F)c3)NC(=O)OC(C)(C)C)CC1)CCN(C)C2. The van der Waals surface area contributed by atoms with E-state index in [-0.39, 0.29) is 17.9 Å². The van der Waals surface area contributed by atoms with Crippen LogP contribution in [-0.2, 0) is 24.1 Å². The molecule has 204 valence electrons. The van der Waals surface area contributed by atoms with Gasteiger partial charge < -0.3 is 24.4 Å². The van der Waals surface area contributed by atoms with Crippen LogP contribution in [-0.4, -0.2) is 69.8 Å². The van der Waals surface area contributed by atoms with Gasteiger partial charge in [-0.3, -0.25) is 0 Å². The van der Waals surface area contributed by atoms with Crippen LogP contribution in [0.4, 0.5) is 9.18 Å². The van der Waals surface area contributed by atoms with Gasteiger partial charge in [-0.25, -0.2) is 14.2 Å². The number of ether oxygens (including phenoxy) is 1. The largest absolute Gasteiger partial charge is 0.444 e. The zero-order valence-electron chi connectivity index (χ0n) is 23.4. The molecule has 1 saturated heterocycles. The Balaban J connectivity index is 1.38. The molecule has 0 aliphatic carbocycles. The molecule has 0 radical (unpaired) electrons. The second-order valence-electron chi connectivity index (χ2n) is 11.9. The molecule has 1 aromatic heterocycles. The number of rotatable bonds is 7. The number of piperidine rings is 1. The van der Waals surface area contributed by atoms with E-state index >= 15 is 0 Å². The normalized spacial score (nSPS) is 19.3. The zero-order chi connectivity index (χ0) is 26.7. The highest BCUT2D eigenvalue weighted by molar-refractivity contribution is 5.68. The lowest BCUT2D eigenvalue weighted by Gasteiger charge is -2.39. The van der Waals surface area contributed by atoms with Crippen LogP contribution < -0.4 is 5.32 Å². The molecular weight excluding hydrogens is 469 g/mol. The minimum absolute atomic E-state index is 0.149. The monoisotopic (exact) mass is 513 g/mol. The fourth-order valence-electron chi connectivity index (χ4n) is 5.92. The number of carbonyl (C=O) groups is 1. The summed E-state index contributed by atoms with van der Waals surface area (Å²) in [5.41, 5.74) is 2.98. The molecule has 1 amide bonds. The third-order valence-corrected chi connectivity index (χ3v) is 7.62. The molecule has 1 N–H and O–H groups in total. The molecule has 37 heavy (non-hydrogen) atoms. The Morgan fingerprint density at radius 2 is 1.97 bits per heavy atom. The summed E-state index contributed by atoms with van der Waals surface area (Å²) < 4.78 is 21.9. The summed E-state index contributed by atoms with van der Waals surface area (Å²) in [6.07, 6.45) is 4.17. The van der Waals surface area contributed by atoms with E-state index in [0.29, 0.717) is 12.5 Å². The lowest BCUT2D eigenvalue weighted by Crippen LogP contribution is -2.46. The number of benzene rings is 1. The minimum atomic E-state index is -0.568. The van der Waals surface area contributed by atoms with Crippen molar-refractivity contribution in [3.05, 3.63) is 52.9 Å². The standard InChI is InChI=1S/C29H44FN5O2/c1-20(16-24(32-28(36)37-29(3,4)5)18-22-8-7-9-23(30)17-22)34-14-10-25(11-15-34)35-21(2)31-26-19-33(6)13-12-27(26)35/h7-9,17,20,24-25H,10-16,18-19H2,1-6H3,(H,32,36). The molecule has 8 heteroatoms. The molecule has 2 unspecified atom stereocenters. The van der Waals surface area contributed by atoms with E-state index in [9.17, 15) is 9.18 Å². The van der Waals surface area contributed by atoms with E-state index < -0.39 is 11.7 Å². The minimum Gasteiger partial charge on any atom is -0.444 e. The van der Waals surface area contributed by atoms with Crippen molar-refractivity contribution in [2.45, 2.75) is 97.0 Å². The van der Waals surface area contributed by atoms with Crippen LogP contribution in [0.3, 0.4) is 0 Å². The molecule has 2 aliphatic rings. The molecule has 0 spiro atoms. The Hall–Kier alpha value is -2.45. The first-order valence-electron chi connectivity index (χ1n) is 13.7. The highest BCUT2D eigenvalue weighted by Crippen LogP contribution is 2.31. The van der Waals surface area contributed by atoms with Gasteiger partial charge in [0.1, 0.15) is 17.2 Å². The predicted molar refractivity (Wildman–Crippen MR) is 144 cm³/mol. The maximum absolute atomic E-state index is 13.8. The van der Waals surface area contributed by atoms with Crippen LogP contribution in [0.25, 0.3) is 0 Å². The number of hydrogen-bond donors (Lipinski definition) is 1. The number of nitrogens with one attached hydrogen (secondary N) is 1. The number of fused-ring (bicyclic) bond motifs is 1. The third-order valence-electron chi connectivity index (χ3n) is 7.62. The number of nitrogens with zero attached hydrogens (tertiary/aromatic N) is 4. The Labute approximate surface area is 221 Å². The van der Waals surface area contributed by atoms with Gasteiger partial charge in [-0.05, 0) is 85.0 Å².